The van der Waals surface area contributed by atoms with Crippen molar-refractivity contribution < 1.29 is 4.42 Å². The van der Waals surface area contributed by atoms with E-state index in [0.29, 0.717) is 6.54 Å². The molecule has 1 unspecified atom stereocenters. The van der Waals surface area contributed by atoms with Gasteiger partial charge in [0.2, 0.25) is 0 Å². The number of hydrogen-bond donors (Lipinski definition) is 1. The second-order valence-corrected chi connectivity index (χ2v) is 2.99. The Labute approximate surface area is 79.3 Å². The van der Waals surface area contributed by atoms with Crippen molar-refractivity contribution in [1.82, 2.24) is 5.32 Å². The van der Waals surface area contributed by atoms with Crippen LogP contribution in [0.15, 0.2) is 16.5 Å². The number of nitrogens with one attached hydrogen (secondary N) is 1. The van der Waals surface area contributed by atoms with Gasteiger partial charge in [-0.1, -0.05) is 12.8 Å². The number of rotatable bonds is 4. The maximum Gasteiger partial charge on any atom is 0.117 e. The molecule has 0 aliphatic carbocycles. The van der Waals surface area contributed by atoms with Gasteiger partial charge in [0.1, 0.15) is 11.5 Å². The summed E-state index contributed by atoms with van der Waals surface area (Å²) < 4.78 is 5.50. The van der Waals surface area contributed by atoms with Crippen LogP contribution in [-0.4, -0.2) is 6.04 Å². The van der Waals surface area contributed by atoms with Gasteiger partial charge in [0, 0.05) is 6.42 Å². The fourth-order valence-electron chi connectivity index (χ4n) is 1.02. The minimum absolute atomic E-state index is 0.0928. The molecular weight excluding hydrogens is 162 g/mol. The van der Waals surface area contributed by atoms with Crippen molar-refractivity contribution in [2.24, 2.45) is 0 Å². The van der Waals surface area contributed by atoms with E-state index in [1.54, 1.807) is 0 Å². The fourth-order valence-corrected chi connectivity index (χ4v) is 1.02. The van der Waals surface area contributed by atoms with Crippen LogP contribution < -0.4 is 5.32 Å². The smallest absolute Gasteiger partial charge is 0.117 e. The van der Waals surface area contributed by atoms with Gasteiger partial charge in [0.05, 0.1) is 12.6 Å². The zero-order valence-corrected chi connectivity index (χ0v) is 8.13. The first-order valence-electron chi connectivity index (χ1n) is 4.53. The molecule has 1 heterocycles. The molecule has 2 nitrogen and oxygen atoms in total. The molecule has 1 N–H and O–H groups in total. The van der Waals surface area contributed by atoms with Crippen LogP contribution in [0.5, 0.6) is 0 Å². The van der Waals surface area contributed by atoms with Crippen molar-refractivity contribution in [2.45, 2.75) is 32.9 Å². The predicted octanol–water partition coefficient (Wildman–Crippen LogP) is 1.95. The minimum atomic E-state index is 0.0928. The van der Waals surface area contributed by atoms with Gasteiger partial charge in [-0.05, 0) is 19.1 Å². The molecule has 70 valence electrons. The normalized spacial score (nSPS) is 12.4. The Balaban J connectivity index is 2.42. The van der Waals surface area contributed by atoms with E-state index in [9.17, 15) is 0 Å². The van der Waals surface area contributed by atoms with Crippen LogP contribution in [0.2, 0.25) is 0 Å². The monoisotopic (exact) mass is 177 g/mol. The number of terminal acetylenes is 1. The van der Waals surface area contributed by atoms with Gasteiger partial charge in [-0.25, -0.2) is 0 Å². The third-order valence-corrected chi connectivity index (χ3v) is 1.90. The Hall–Kier alpha value is -1.20. The van der Waals surface area contributed by atoms with Crippen LogP contribution >= 0.6 is 0 Å². The predicted molar refractivity (Wildman–Crippen MR) is 53.2 cm³/mol. The fraction of sp³-hybridized carbons (Fsp3) is 0.455. The molecule has 0 radical (unpaired) electrons. The quantitative estimate of drug-likeness (QED) is 0.711. The van der Waals surface area contributed by atoms with Crippen molar-refractivity contribution in [3.05, 3.63) is 23.7 Å². The van der Waals surface area contributed by atoms with E-state index >= 15 is 0 Å². The molecule has 2 heteroatoms. The lowest BCUT2D eigenvalue weighted by molar-refractivity contribution is 0.446. The SMILES string of the molecule is C#CC(C)NCc1ccc(CC)o1. The maximum atomic E-state index is 5.50. The highest BCUT2D eigenvalue weighted by molar-refractivity contribution is 5.07. The molecule has 13 heavy (non-hydrogen) atoms. The summed E-state index contributed by atoms with van der Waals surface area (Å²) in [6.07, 6.45) is 6.16. The summed E-state index contributed by atoms with van der Waals surface area (Å²) in [7, 11) is 0. The third-order valence-electron chi connectivity index (χ3n) is 1.90. The number of hydrogen-bond acceptors (Lipinski definition) is 2. The van der Waals surface area contributed by atoms with Crippen LogP contribution in [0, 0.1) is 12.3 Å². The van der Waals surface area contributed by atoms with Crippen LogP contribution in [0.3, 0.4) is 0 Å². The Morgan fingerprint density at radius 1 is 1.54 bits per heavy atom. The average molecular weight is 177 g/mol. The zero-order chi connectivity index (χ0) is 9.68. The molecule has 0 aromatic carbocycles. The van der Waals surface area contributed by atoms with E-state index < -0.39 is 0 Å². The summed E-state index contributed by atoms with van der Waals surface area (Å²) in [4.78, 5) is 0. The largest absolute Gasteiger partial charge is 0.465 e. The average Bonchev–Trinajstić information content (AvgIpc) is 2.61. The van der Waals surface area contributed by atoms with E-state index in [0.717, 1.165) is 17.9 Å². The summed E-state index contributed by atoms with van der Waals surface area (Å²) in [5.74, 6) is 4.57. The highest BCUT2D eigenvalue weighted by Gasteiger charge is 2.01. The van der Waals surface area contributed by atoms with Crippen molar-refractivity contribution in [3.63, 3.8) is 0 Å². The van der Waals surface area contributed by atoms with Crippen LogP contribution in [0.1, 0.15) is 25.4 Å². The molecule has 1 aromatic rings. The lowest BCUT2D eigenvalue weighted by atomic mass is 10.3. The Morgan fingerprint density at radius 2 is 2.23 bits per heavy atom. The topological polar surface area (TPSA) is 25.2 Å². The highest BCUT2D eigenvalue weighted by Crippen LogP contribution is 2.07. The lowest BCUT2D eigenvalue weighted by Crippen LogP contribution is -2.23. The Morgan fingerprint density at radius 3 is 2.77 bits per heavy atom. The van der Waals surface area contributed by atoms with Gasteiger partial charge >= 0.3 is 0 Å². The summed E-state index contributed by atoms with van der Waals surface area (Å²) in [6, 6.07) is 4.07. The van der Waals surface area contributed by atoms with Crippen LogP contribution in [0.25, 0.3) is 0 Å². The van der Waals surface area contributed by atoms with Crippen LogP contribution in [-0.2, 0) is 13.0 Å². The summed E-state index contributed by atoms with van der Waals surface area (Å²) >= 11 is 0. The zero-order valence-electron chi connectivity index (χ0n) is 8.13. The van der Waals surface area contributed by atoms with Gasteiger partial charge in [0.25, 0.3) is 0 Å². The van der Waals surface area contributed by atoms with E-state index in [1.165, 1.54) is 0 Å². The first-order chi connectivity index (χ1) is 6.26. The van der Waals surface area contributed by atoms with Crippen molar-refractivity contribution >= 4 is 0 Å². The molecular formula is C11H15NO. The molecule has 0 amide bonds. The van der Waals surface area contributed by atoms with Crippen molar-refractivity contribution in [1.29, 1.82) is 0 Å². The molecule has 1 atom stereocenters. The van der Waals surface area contributed by atoms with Gasteiger partial charge in [0.15, 0.2) is 0 Å². The van der Waals surface area contributed by atoms with Crippen LogP contribution in [0.4, 0.5) is 0 Å². The minimum Gasteiger partial charge on any atom is -0.465 e. The van der Waals surface area contributed by atoms with Crippen molar-refractivity contribution in [3.8, 4) is 12.3 Å². The lowest BCUT2D eigenvalue weighted by Gasteiger charge is -2.04. The molecule has 0 saturated carbocycles. The standard InChI is InChI=1S/C11H15NO/c1-4-9(3)12-8-11-7-6-10(5-2)13-11/h1,6-7,9,12H,5,8H2,2-3H3. The number of furan rings is 1. The highest BCUT2D eigenvalue weighted by atomic mass is 16.3. The van der Waals surface area contributed by atoms with Gasteiger partial charge in [-0.2, -0.15) is 0 Å². The summed E-state index contributed by atoms with van der Waals surface area (Å²) in [6.45, 7) is 4.72. The van der Waals surface area contributed by atoms with Gasteiger partial charge in [-0.15, -0.1) is 6.42 Å². The second kappa shape index (κ2) is 4.74. The third kappa shape index (κ3) is 2.96. The Bertz CT molecular complexity index is 295. The van der Waals surface area contributed by atoms with Crippen molar-refractivity contribution in [2.75, 3.05) is 0 Å². The van der Waals surface area contributed by atoms with Gasteiger partial charge < -0.3 is 4.42 Å². The molecule has 1 rings (SSSR count). The summed E-state index contributed by atoms with van der Waals surface area (Å²) in [5.41, 5.74) is 0. The first-order valence-corrected chi connectivity index (χ1v) is 4.53. The first kappa shape index (κ1) is 9.88. The molecule has 0 bridgehead atoms. The van der Waals surface area contributed by atoms with Gasteiger partial charge in [-0.3, -0.25) is 5.32 Å². The maximum absolute atomic E-state index is 5.50. The second-order valence-electron chi connectivity index (χ2n) is 2.99. The molecule has 0 saturated heterocycles. The molecule has 0 fully saturated rings. The summed E-state index contributed by atoms with van der Waals surface area (Å²) in [5, 5.41) is 3.16. The molecule has 0 aliphatic heterocycles. The number of aryl methyl sites for hydroxylation is 1. The molecule has 0 spiro atoms. The Kier molecular flexibility index (Phi) is 3.60. The van der Waals surface area contributed by atoms with E-state index in [1.807, 2.05) is 19.1 Å². The van der Waals surface area contributed by atoms with E-state index in [2.05, 4.69) is 18.2 Å². The van der Waals surface area contributed by atoms with E-state index in [-0.39, 0.29) is 6.04 Å². The van der Waals surface area contributed by atoms with E-state index in [4.69, 9.17) is 10.8 Å². The molecule has 1 aromatic heterocycles. The molecule has 0 aliphatic rings.